The SMILES string of the molecule is COc1cc(CNc2ccccc2S(C)(=O)=O)ccc1O. The molecule has 0 bridgehead atoms. The summed E-state index contributed by atoms with van der Waals surface area (Å²) in [5.41, 5.74) is 1.42. The molecular weight excluding hydrogens is 290 g/mol. The second kappa shape index (κ2) is 6.05. The Kier molecular flexibility index (Phi) is 4.37. The van der Waals surface area contributed by atoms with E-state index in [1.807, 2.05) is 0 Å². The van der Waals surface area contributed by atoms with Crippen molar-refractivity contribution < 1.29 is 18.3 Å². The minimum absolute atomic E-state index is 0.0674. The highest BCUT2D eigenvalue weighted by molar-refractivity contribution is 7.90. The zero-order valence-corrected chi connectivity index (χ0v) is 12.6. The molecule has 0 aliphatic rings. The zero-order valence-electron chi connectivity index (χ0n) is 11.8. The molecule has 2 aromatic rings. The Morgan fingerprint density at radius 2 is 1.90 bits per heavy atom. The normalized spacial score (nSPS) is 11.1. The molecule has 0 heterocycles. The lowest BCUT2D eigenvalue weighted by Crippen LogP contribution is -2.06. The molecule has 112 valence electrons. The van der Waals surface area contributed by atoms with Crippen LogP contribution < -0.4 is 10.1 Å². The van der Waals surface area contributed by atoms with Crippen molar-refractivity contribution in [2.24, 2.45) is 0 Å². The number of phenolic OH excluding ortho intramolecular Hbond substituents is 1. The number of sulfone groups is 1. The van der Waals surface area contributed by atoms with Crippen molar-refractivity contribution in [1.82, 2.24) is 0 Å². The van der Waals surface area contributed by atoms with E-state index in [2.05, 4.69) is 5.32 Å². The van der Waals surface area contributed by atoms with Gasteiger partial charge in [0.2, 0.25) is 0 Å². The number of hydrogen-bond acceptors (Lipinski definition) is 5. The van der Waals surface area contributed by atoms with Crippen LogP contribution >= 0.6 is 0 Å². The number of phenols is 1. The second-order valence-electron chi connectivity index (χ2n) is 4.63. The van der Waals surface area contributed by atoms with Gasteiger partial charge >= 0.3 is 0 Å². The molecule has 0 radical (unpaired) electrons. The fraction of sp³-hybridized carbons (Fsp3) is 0.200. The average molecular weight is 307 g/mol. The van der Waals surface area contributed by atoms with E-state index in [0.29, 0.717) is 18.0 Å². The van der Waals surface area contributed by atoms with Crippen LogP contribution in [0.25, 0.3) is 0 Å². The number of ether oxygens (including phenoxy) is 1. The molecular formula is C15H17NO4S. The molecule has 0 unspecified atom stereocenters. The third-order valence-electron chi connectivity index (χ3n) is 3.01. The number of rotatable bonds is 5. The lowest BCUT2D eigenvalue weighted by Gasteiger charge is -2.12. The molecule has 5 nitrogen and oxygen atoms in total. The Morgan fingerprint density at radius 1 is 1.19 bits per heavy atom. The third kappa shape index (κ3) is 3.66. The number of anilines is 1. The molecule has 0 aliphatic carbocycles. The number of hydrogen-bond donors (Lipinski definition) is 2. The Hall–Kier alpha value is -2.21. The Balaban J connectivity index is 2.21. The molecule has 0 amide bonds. The van der Waals surface area contributed by atoms with Crippen LogP contribution in [0.15, 0.2) is 47.4 Å². The van der Waals surface area contributed by atoms with Gasteiger partial charge in [0.05, 0.1) is 17.7 Å². The third-order valence-corrected chi connectivity index (χ3v) is 4.17. The van der Waals surface area contributed by atoms with E-state index in [-0.39, 0.29) is 10.6 Å². The van der Waals surface area contributed by atoms with Gasteiger partial charge in [0.1, 0.15) is 0 Å². The number of benzene rings is 2. The van der Waals surface area contributed by atoms with Gasteiger partial charge in [0, 0.05) is 12.8 Å². The van der Waals surface area contributed by atoms with Crippen LogP contribution in [0.5, 0.6) is 11.5 Å². The first-order valence-electron chi connectivity index (χ1n) is 6.30. The number of methoxy groups -OCH3 is 1. The minimum Gasteiger partial charge on any atom is -0.504 e. The van der Waals surface area contributed by atoms with Gasteiger partial charge in [-0.15, -0.1) is 0 Å². The first kappa shape index (κ1) is 15.2. The van der Waals surface area contributed by atoms with Crippen LogP contribution in [0.2, 0.25) is 0 Å². The van der Waals surface area contributed by atoms with Crippen LogP contribution in [-0.4, -0.2) is 26.9 Å². The van der Waals surface area contributed by atoms with Crippen LogP contribution in [0.3, 0.4) is 0 Å². The van der Waals surface area contributed by atoms with E-state index in [1.165, 1.54) is 19.4 Å². The van der Waals surface area contributed by atoms with E-state index in [4.69, 9.17) is 4.74 Å². The molecule has 2 N–H and O–H groups in total. The average Bonchev–Trinajstić information content (AvgIpc) is 2.45. The maximum absolute atomic E-state index is 11.7. The molecule has 2 aromatic carbocycles. The molecule has 0 spiro atoms. The molecule has 0 fully saturated rings. The smallest absolute Gasteiger partial charge is 0.177 e. The summed E-state index contributed by atoms with van der Waals surface area (Å²) in [5, 5.41) is 12.6. The van der Waals surface area contributed by atoms with Gasteiger partial charge in [0.15, 0.2) is 21.3 Å². The first-order chi connectivity index (χ1) is 9.91. The monoisotopic (exact) mass is 307 g/mol. The highest BCUT2D eigenvalue weighted by atomic mass is 32.2. The number of nitrogens with one attached hydrogen (secondary N) is 1. The summed E-state index contributed by atoms with van der Waals surface area (Å²) < 4.78 is 28.5. The van der Waals surface area contributed by atoms with E-state index in [0.717, 1.165) is 5.56 Å². The summed E-state index contributed by atoms with van der Waals surface area (Å²) in [7, 11) is -1.81. The van der Waals surface area contributed by atoms with Gasteiger partial charge < -0.3 is 15.2 Å². The molecule has 0 aromatic heterocycles. The van der Waals surface area contributed by atoms with Crippen molar-refractivity contribution in [2.75, 3.05) is 18.7 Å². The predicted molar refractivity (Wildman–Crippen MR) is 81.5 cm³/mol. The van der Waals surface area contributed by atoms with Gasteiger partial charge in [-0.1, -0.05) is 18.2 Å². The highest BCUT2D eigenvalue weighted by Gasteiger charge is 2.12. The van der Waals surface area contributed by atoms with Crippen molar-refractivity contribution in [1.29, 1.82) is 0 Å². The summed E-state index contributed by atoms with van der Waals surface area (Å²) in [6, 6.07) is 11.7. The first-order valence-corrected chi connectivity index (χ1v) is 8.20. The fourth-order valence-electron chi connectivity index (χ4n) is 1.97. The lowest BCUT2D eigenvalue weighted by molar-refractivity contribution is 0.373. The summed E-state index contributed by atoms with van der Waals surface area (Å²) in [6.07, 6.45) is 1.18. The van der Waals surface area contributed by atoms with Crippen LogP contribution in [0, 0.1) is 0 Å². The molecule has 2 rings (SSSR count). The van der Waals surface area contributed by atoms with Crippen LogP contribution in [0.4, 0.5) is 5.69 Å². The van der Waals surface area contributed by atoms with E-state index in [1.54, 1.807) is 36.4 Å². The Morgan fingerprint density at radius 3 is 2.57 bits per heavy atom. The van der Waals surface area contributed by atoms with Crippen molar-refractivity contribution >= 4 is 15.5 Å². The Bertz CT molecular complexity index is 741. The largest absolute Gasteiger partial charge is 0.504 e. The van der Waals surface area contributed by atoms with Crippen molar-refractivity contribution in [3.63, 3.8) is 0 Å². The van der Waals surface area contributed by atoms with E-state index >= 15 is 0 Å². The van der Waals surface area contributed by atoms with Gasteiger partial charge in [-0.25, -0.2) is 8.42 Å². The standard InChI is InChI=1S/C15H17NO4S/c1-20-14-9-11(7-8-13(14)17)10-16-12-5-3-4-6-15(12)21(2,18)19/h3-9,16-17H,10H2,1-2H3. The molecule has 0 aliphatic heterocycles. The van der Waals surface area contributed by atoms with Gasteiger partial charge in [-0.3, -0.25) is 0 Å². The zero-order chi connectivity index (χ0) is 15.5. The quantitative estimate of drug-likeness (QED) is 0.887. The molecule has 6 heteroatoms. The summed E-state index contributed by atoms with van der Waals surface area (Å²) in [5.74, 6) is 0.448. The van der Waals surface area contributed by atoms with Gasteiger partial charge in [-0.2, -0.15) is 0 Å². The van der Waals surface area contributed by atoms with Crippen molar-refractivity contribution in [3.8, 4) is 11.5 Å². The maximum Gasteiger partial charge on any atom is 0.177 e. The van der Waals surface area contributed by atoms with Crippen LogP contribution in [-0.2, 0) is 16.4 Å². The predicted octanol–water partition coefficient (Wildman–Crippen LogP) is 2.42. The Labute approximate surface area is 124 Å². The van der Waals surface area contributed by atoms with E-state index in [9.17, 15) is 13.5 Å². The molecule has 21 heavy (non-hydrogen) atoms. The summed E-state index contributed by atoms with van der Waals surface area (Å²) >= 11 is 0. The summed E-state index contributed by atoms with van der Waals surface area (Å²) in [4.78, 5) is 0.260. The molecule has 0 saturated carbocycles. The van der Waals surface area contributed by atoms with Gasteiger partial charge in [0.25, 0.3) is 0 Å². The number of para-hydroxylation sites is 1. The van der Waals surface area contributed by atoms with Crippen molar-refractivity contribution in [3.05, 3.63) is 48.0 Å². The minimum atomic E-state index is -3.28. The molecule has 0 atom stereocenters. The van der Waals surface area contributed by atoms with E-state index < -0.39 is 9.84 Å². The lowest BCUT2D eigenvalue weighted by atomic mass is 10.2. The highest BCUT2D eigenvalue weighted by Crippen LogP contribution is 2.27. The molecule has 0 saturated heterocycles. The second-order valence-corrected chi connectivity index (χ2v) is 6.61. The van der Waals surface area contributed by atoms with Gasteiger partial charge in [-0.05, 0) is 29.8 Å². The summed E-state index contributed by atoms with van der Waals surface area (Å²) in [6.45, 7) is 0.420. The fourth-order valence-corrected chi connectivity index (χ4v) is 2.83. The maximum atomic E-state index is 11.7. The van der Waals surface area contributed by atoms with Crippen molar-refractivity contribution in [2.45, 2.75) is 11.4 Å². The number of aromatic hydroxyl groups is 1. The van der Waals surface area contributed by atoms with Crippen LogP contribution in [0.1, 0.15) is 5.56 Å². The topological polar surface area (TPSA) is 75.6 Å².